The molecule has 0 bridgehead atoms. The van der Waals surface area contributed by atoms with Gasteiger partial charge in [0.25, 0.3) is 5.91 Å². The molecular formula is C19H22N2O2S. The molecular weight excluding hydrogens is 320 g/mol. The number of furan rings is 1. The second-order valence-electron chi connectivity index (χ2n) is 6.50. The van der Waals surface area contributed by atoms with E-state index in [0.717, 1.165) is 28.2 Å². The first kappa shape index (κ1) is 16.7. The lowest BCUT2D eigenvalue weighted by molar-refractivity contribution is 0.0722. The molecule has 3 rings (SSSR count). The predicted molar refractivity (Wildman–Crippen MR) is 97.4 cm³/mol. The summed E-state index contributed by atoms with van der Waals surface area (Å²) >= 11 is 1.55. The Kier molecular flexibility index (Phi) is 4.71. The maximum atomic E-state index is 12.7. The third-order valence-electron chi connectivity index (χ3n) is 4.11. The number of carbonyl (C=O) groups excluding carboxylic acids is 1. The highest BCUT2D eigenvalue weighted by atomic mass is 32.1. The number of hydrogen-bond acceptors (Lipinski definition) is 4. The normalized spacial score (nSPS) is 12.7. The Balaban J connectivity index is 1.78. The van der Waals surface area contributed by atoms with Gasteiger partial charge in [0, 0.05) is 24.2 Å². The van der Waals surface area contributed by atoms with Gasteiger partial charge in [0.05, 0.1) is 11.0 Å². The Labute approximate surface area is 146 Å². The molecule has 0 radical (unpaired) electrons. The van der Waals surface area contributed by atoms with Crippen molar-refractivity contribution in [3.8, 4) is 0 Å². The van der Waals surface area contributed by atoms with Crippen LogP contribution in [0.5, 0.6) is 0 Å². The van der Waals surface area contributed by atoms with Gasteiger partial charge in [-0.05, 0) is 25.0 Å². The third-order valence-corrected chi connectivity index (χ3v) is 4.98. The van der Waals surface area contributed by atoms with E-state index in [-0.39, 0.29) is 11.9 Å². The first-order valence-electron chi connectivity index (χ1n) is 8.15. The summed E-state index contributed by atoms with van der Waals surface area (Å²) in [6.45, 7) is 6.27. The smallest absolute Gasteiger partial charge is 0.273 e. The highest BCUT2D eigenvalue weighted by Crippen LogP contribution is 2.27. The molecule has 2 heterocycles. The molecule has 1 amide bonds. The first-order valence-corrected chi connectivity index (χ1v) is 9.03. The minimum atomic E-state index is -0.153. The molecule has 5 heteroatoms. The lowest BCUT2D eigenvalue weighted by Crippen LogP contribution is -2.29. The molecule has 4 nitrogen and oxygen atoms in total. The van der Waals surface area contributed by atoms with Crippen molar-refractivity contribution in [3.63, 3.8) is 0 Å². The molecule has 126 valence electrons. The molecule has 2 aromatic heterocycles. The molecule has 24 heavy (non-hydrogen) atoms. The fraction of sp³-hybridized carbons (Fsp3) is 0.368. The van der Waals surface area contributed by atoms with Gasteiger partial charge in [0.1, 0.15) is 17.0 Å². The summed E-state index contributed by atoms with van der Waals surface area (Å²) in [7, 11) is 1.79. The quantitative estimate of drug-likeness (QED) is 0.661. The molecule has 0 aliphatic carbocycles. The number of para-hydroxylation sites is 1. The number of fused-ring (bicyclic) bond motifs is 1. The number of benzene rings is 1. The lowest BCUT2D eigenvalue weighted by atomic mass is 10.1. The van der Waals surface area contributed by atoms with Gasteiger partial charge in [-0.1, -0.05) is 32.0 Å². The first-order chi connectivity index (χ1) is 11.5. The van der Waals surface area contributed by atoms with E-state index in [2.05, 4.69) is 18.8 Å². The second-order valence-corrected chi connectivity index (χ2v) is 7.45. The van der Waals surface area contributed by atoms with Crippen LogP contribution in [0.1, 0.15) is 48.1 Å². The lowest BCUT2D eigenvalue weighted by Gasteiger charge is -2.22. The van der Waals surface area contributed by atoms with Crippen molar-refractivity contribution in [1.82, 2.24) is 9.88 Å². The van der Waals surface area contributed by atoms with E-state index >= 15 is 0 Å². The summed E-state index contributed by atoms with van der Waals surface area (Å²) in [5, 5.41) is 3.91. The van der Waals surface area contributed by atoms with Crippen molar-refractivity contribution in [2.75, 3.05) is 7.05 Å². The van der Waals surface area contributed by atoms with Gasteiger partial charge in [-0.2, -0.15) is 0 Å². The molecule has 0 saturated heterocycles. The monoisotopic (exact) mass is 342 g/mol. The fourth-order valence-corrected chi connectivity index (χ4v) is 3.59. The van der Waals surface area contributed by atoms with Gasteiger partial charge in [-0.15, -0.1) is 11.3 Å². The van der Waals surface area contributed by atoms with Crippen molar-refractivity contribution >= 4 is 28.2 Å². The van der Waals surface area contributed by atoms with E-state index in [1.165, 1.54) is 0 Å². The van der Waals surface area contributed by atoms with Gasteiger partial charge in [-0.3, -0.25) is 4.79 Å². The van der Waals surface area contributed by atoms with E-state index in [1.807, 2.05) is 42.6 Å². The summed E-state index contributed by atoms with van der Waals surface area (Å²) in [6, 6.07) is 9.71. The Morgan fingerprint density at radius 1 is 1.29 bits per heavy atom. The van der Waals surface area contributed by atoms with Crippen molar-refractivity contribution in [2.45, 2.75) is 33.2 Å². The molecule has 0 saturated carbocycles. The zero-order valence-electron chi connectivity index (χ0n) is 14.4. The Hall–Kier alpha value is -2.14. The predicted octanol–water partition coefficient (Wildman–Crippen LogP) is 4.92. The van der Waals surface area contributed by atoms with Crippen LogP contribution in [-0.2, 0) is 6.42 Å². The van der Waals surface area contributed by atoms with Crippen molar-refractivity contribution in [1.29, 1.82) is 0 Å². The number of rotatable bonds is 5. The van der Waals surface area contributed by atoms with Crippen LogP contribution in [0.15, 0.2) is 40.1 Å². The highest BCUT2D eigenvalue weighted by molar-refractivity contribution is 7.09. The standard InChI is InChI=1S/C19H22N2O2S/c1-12(2)9-18-20-15(11-24-18)19(22)21(4)13(3)17-10-14-7-5-6-8-16(14)23-17/h5-8,10-13H,9H2,1-4H3. The number of nitrogens with zero attached hydrogens (tertiary/aromatic N) is 2. The van der Waals surface area contributed by atoms with Crippen LogP contribution in [-0.4, -0.2) is 22.8 Å². The largest absolute Gasteiger partial charge is 0.459 e. The number of amides is 1. The van der Waals surface area contributed by atoms with Crippen LogP contribution in [0, 0.1) is 5.92 Å². The molecule has 1 atom stereocenters. The van der Waals surface area contributed by atoms with Gasteiger partial charge in [0.2, 0.25) is 0 Å². The molecule has 1 aromatic carbocycles. The molecule has 0 aliphatic heterocycles. The van der Waals surface area contributed by atoms with E-state index < -0.39 is 0 Å². The number of carbonyl (C=O) groups is 1. The Morgan fingerprint density at radius 3 is 2.75 bits per heavy atom. The van der Waals surface area contributed by atoms with E-state index in [1.54, 1.807) is 23.3 Å². The van der Waals surface area contributed by atoms with E-state index in [0.29, 0.717) is 11.6 Å². The van der Waals surface area contributed by atoms with Crippen molar-refractivity contribution < 1.29 is 9.21 Å². The minimum absolute atomic E-state index is 0.0748. The van der Waals surface area contributed by atoms with E-state index in [9.17, 15) is 4.79 Å². The van der Waals surface area contributed by atoms with Gasteiger partial charge in [0.15, 0.2) is 0 Å². The summed E-state index contributed by atoms with van der Waals surface area (Å²) in [5.74, 6) is 1.24. The number of hydrogen-bond donors (Lipinski definition) is 0. The van der Waals surface area contributed by atoms with Gasteiger partial charge in [-0.25, -0.2) is 4.98 Å². The Morgan fingerprint density at radius 2 is 2.04 bits per heavy atom. The minimum Gasteiger partial charge on any atom is -0.459 e. The highest BCUT2D eigenvalue weighted by Gasteiger charge is 2.23. The van der Waals surface area contributed by atoms with Crippen LogP contribution < -0.4 is 0 Å². The van der Waals surface area contributed by atoms with Crippen LogP contribution in [0.3, 0.4) is 0 Å². The molecule has 0 aliphatic rings. The average molecular weight is 342 g/mol. The topological polar surface area (TPSA) is 46.3 Å². The number of thiazole rings is 1. The van der Waals surface area contributed by atoms with Crippen molar-refractivity contribution in [2.24, 2.45) is 5.92 Å². The summed E-state index contributed by atoms with van der Waals surface area (Å²) in [6.07, 6.45) is 0.904. The van der Waals surface area contributed by atoms with Crippen LogP contribution >= 0.6 is 11.3 Å². The van der Waals surface area contributed by atoms with E-state index in [4.69, 9.17) is 4.42 Å². The maximum absolute atomic E-state index is 12.7. The molecule has 0 spiro atoms. The molecule has 3 aromatic rings. The Bertz CT molecular complexity index is 817. The number of aromatic nitrogens is 1. The second kappa shape index (κ2) is 6.77. The molecule has 1 unspecified atom stereocenters. The zero-order valence-corrected chi connectivity index (χ0v) is 15.3. The average Bonchev–Trinajstić information content (AvgIpc) is 3.18. The van der Waals surface area contributed by atoms with Gasteiger partial charge >= 0.3 is 0 Å². The summed E-state index contributed by atoms with van der Waals surface area (Å²) in [4.78, 5) is 18.9. The maximum Gasteiger partial charge on any atom is 0.273 e. The summed E-state index contributed by atoms with van der Waals surface area (Å²) < 4.78 is 5.88. The third kappa shape index (κ3) is 3.36. The molecule has 0 fully saturated rings. The zero-order chi connectivity index (χ0) is 17.3. The van der Waals surface area contributed by atoms with Crippen molar-refractivity contribution in [3.05, 3.63) is 52.2 Å². The van der Waals surface area contributed by atoms with Crippen LogP contribution in [0.25, 0.3) is 11.0 Å². The van der Waals surface area contributed by atoms with Crippen LogP contribution in [0.4, 0.5) is 0 Å². The summed E-state index contributed by atoms with van der Waals surface area (Å²) in [5.41, 5.74) is 1.36. The molecule has 0 N–H and O–H groups in total. The fourth-order valence-electron chi connectivity index (χ4n) is 2.61. The van der Waals surface area contributed by atoms with Gasteiger partial charge < -0.3 is 9.32 Å². The SMILES string of the molecule is CC(C)Cc1nc(C(=O)N(C)C(C)c2cc3ccccc3o2)cs1. The van der Waals surface area contributed by atoms with Crippen LogP contribution in [0.2, 0.25) is 0 Å².